The summed E-state index contributed by atoms with van der Waals surface area (Å²) in [6.07, 6.45) is 1.51. The standard InChI is InChI=1S/C19H14N4O6/c24-18(20-14-5-9-16(10-6-14)23(28)29)17-2-1-11-21(19(17)25)12-13-3-7-15(8-4-13)22(26)27/h1-11H,12H2,(H,20,24). The van der Waals surface area contributed by atoms with E-state index in [1.165, 1.54) is 71.4 Å². The van der Waals surface area contributed by atoms with Crippen LogP contribution in [0.3, 0.4) is 0 Å². The van der Waals surface area contributed by atoms with Crippen LogP contribution in [0.4, 0.5) is 17.1 Å². The van der Waals surface area contributed by atoms with Crippen LogP contribution in [0.1, 0.15) is 15.9 Å². The summed E-state index contributed by atoms with van der Waals surface area (Å²) in [5.41, 5.74) is 0.153. The number of benzene rings is 2. The maximum Gasteiger partial charge on any atom is 0.269 e. The summed E-state index contributed by atoms with van der Waals surface area (Å²) in [4.78, 5) is 45.4. The van der Waals surface area contributed by atoms with Crippen LogP contribution in [0.25, 0.3) is 0 Å². The lowest BCUT2D eigenvalue weighted by molar-refractivity contribution is -0.385. The summed E-state index contributed by atoms with van der Waals surface area (Å²) in [5, 5.41) is 23.9. The van der Waals surface area contributed by atoms with E-state index in [0.717, 1.165) is 0 Å². The van der Waals surface area contributed by atoms with Gasteiger partial charge in [0.15, 0.2) is 0 Å². The minimum Gasteiger partial charge on any atom is -0.322 e. The van der Waals surface area contributed by atoms with Crippen molar-refractivity contribution in [3.63, 3.8) is 0 Å². The molecule has 1 amide bonds. The van der Waals surface area contributed by atoms with Crippen LogP contribution in [0.15, 0.2) is 71.7 Å². The Kier molecular flexibility index (Phi) is 5.44. The lowest BCUT2D eigenvalue weighted by Gasteiger charge is -2.09. The largest absolute Gasteiger partial charge is 0.322 e. The quantitative estimate of drug-likeness (QED) is 0.504. The first-order valence-electron chi connectivity index (χ1n) is 8.34. The van der Waals surface area contributed by atoms with E-state index in [-0.39, 0.29) is 23.5 Å². The van der Waals surface area contributed by atoms with Gasteiger partial charge in [-0.3, -0.25) is 29.8 Å². The summed E-state index contributed by atoms with van der Waals surface area (Å²) < 4.78 is 1.31. The van der Waals surface area contributed by atoms with Crippen LogP contribution in [-0.4, -0.2) is 20.3 Å². The van der Waals surface area contributed by atoms with Crippen molar-refractivity contribution in [3.05, 3.63) is 109 Å². The minimum atomic E-state index is -0.651. The number of pyridine rings is 1. The van der Waals surface area contributed by atoms with Crippen LogP contribution >= 0.6 is 0 Å². The second-order valence-electron chi connectivity index (χ2n) is 6.04. The maximum absolute atomic E-state index is 12.6. The molecule has 0 aliphatic heterocycles. The molecule has 146 valence electrons. The summed E-state index contributed by atoms with van der Waals surface area (Å²) >= 11 is 0. The Labute approximate surface area is 163 Å². The number of non-ortho nitro benzene ring substituents is 2. The molecule has 0 aliphatic rings. The van der Waals surface area contributed by atoms with E-state index in [4.69, 9.17) is 0 Å². The fourth-order valence-corrected chi connectivity index (χ4v) is 2.62. The van der Waals surface area contributed by atoms with Crippen molar-refractivity contribution in [1.29, 1.82) is 0 Å². The Morgan fingerprint density at radius 1 is 0.897 bits per heavy atom. The molecule has 2 aromatic carbocycles. The number of amides is 1. The molecule has 0 aliphatic carbocycles. The van der Waals surface area contributed by atoms with Crippen LogP contribution < -0.4 is 10.9 Å². The average Bonchev–Trinajstić information content (AvgIpc) is 2.70. The Morgan fingerprint density at radius 3 is 2.00 bits per heavy atom. The molecule has 3 aromatic rings. The van der Waals surface area contributed by atoms with Crippen molar-refractivity contribution < 1.29 is 14.6 Å². The van der Waals surface area contributed by atoms with E-state index in [1.807, 2.05) is 0 Å². The molecule has 0 saturated carbocycles. The third-order valence-electron chi connectivity index (χ3n) is 4.10. The fourth-order valence-electron chi connectivity index (χ4n) is 2.62. The number of hydrogen-bond donors (Lipinski definition) is 1. The molecule has 1 heterocycles. The van der Waals surface area contributed by atoms with Gasteiger partial charge in [-0.1, -0.05) is 12.1 Å². The van der Waals surface area contributed by atoms with Crippen LogP contribution in [0.2, 0.25) is 0 Å². The summed E-state index contributed by atoms with van der Waals surface area (Å²) in [6, 6.07) is 13.9. The molecule has 29 heavy (non-hydrogen) atoms. The monoisotopic (exact) mass is 394 g/mol. The van der Waals surface area contributed by atoms with E-state index in [1.54, 1.807) is 0 Å². The second kappa shape index (κ2) is 8.13. The zero-order valence-corrected chi connectivity index (χ0v) is 14.8. The van der Waals surface area contributed by atoms with Crippen LogP contribution in [-0.2, 0) is 6.54 Å². The molecule has 0 atom stereocenters. The molecule has 0 saturated heterocycles. The van der Waals surface area contributed by atoms with Gasteiger partial charge in [-0.15, -0.1) is 0 Å². The number of nitrogens with one attached hydrogen (secondary N) is 1. The summed E-state index contributed by atoms with van der Waals surface area (Å²) in [7, 11) is 0. The molecule has 1 N–H and O–H groups in total. The van der Waals surface area contributed by atoms with Crippen molar-refractivity contribution in [3.8, 4) is 0 Å². The van der Waals surface area contributed by atoms with Crippen molar-refractivity contribution in [2.45, 2.75) is 6.54 Å². The van der Waals surface area contributed by atoms with Gasteiger partial charge in [0.1, 0.15) is 5.56 Å². The molecule has 10 heteroatoms. The molecular formula is C19H14N4O6. The highest BCUT2D eigenvalue weighted by Gasteiger charge is 2.14. The van der Waals surface area contributed by atoms with E-state index < -0.39 is 21.3 Å². The number of nitro benzene ring substituents is 2. The normalized spacial score (nSPS) is 10.3. The van der Waals surface area contributed by atoms with Crippen LogP contribution in [0, 0.1) is 20.2 Å². The molecule has 0 radical (unpaired) electrons. The average molecular weight is 394 g/mol. The number of carbonyl (C=O) groups excluding carboxylic acids is 1. The smallest absolute Gasteiger partial charge is 0.269 e. The number of rotatable bonds is 6. The number of nitro groups is 2. The summed E-state index contributed by atoms with van der Waals surface area (Å²) in [6.45, 7) is 0.134. The summed E-state index contributed by atoms with van der Waals surface area (Å²) in [5.74, 6) is -0.651. The van der Waals surface area contributed by atoms with Gasteiger partial charge in [-0.2, -0.15) is 0 Å². The Morgan fingerprint density at radius 2 is 1.45 bits per heavy atom. The lowest BCUT2D eigenvalue weighted by atomic mass is 10.2. The van der Waals surface area contributed by atoms with Gasteiger partial charge in [0.05, 0.1) is 16.4 Å². The number of anilines is 1. The Balaban J connectivity index is 1.78. The molecule has 0 unspecified atom stereocenters. The lowest BCUT2D eigenvalue weighted by Crippen LogP contribution is -2.29. The highest BCUT2D eigenvalue weighted by atomic mass is 16.6. The highest BCUT2D eigenvalue weighted by Crippen LogP contribution is 2.16. The minimum absolute atomic E-state index is 0.0580. The number of aromatic nitrogens is 1. The van der Waals surface area contributed by atoms with Gasteiger partial charge in [-0.25, -0.2) is 0 Å². The van der Waals surface area contributed by atoms with E-state index in [9.17, 15) is 29.8 Å². The first-order chi connectivity index (χ1) is 13.8. The molecule has 10 nitrogen and oxygen atoms in total. The van der Waals surface area contributed by atoms with E-state index in [2.05, 4.69) is 5.32 Å². The SMILES string of the molecule is O=C(Nc1ccc([N+](=O)[O-])cc1)c1cccn(Cc2ccc([N+](=O)[O-])cc2)c1=O. The molecule has 3 rings (SSSR count). The van der Waals surface area contributed by atoms with Gasteiger partial charge >= 0.3 is 0 Å². The first-order valence-corrected chi connectivity index (χ1v) is 8.34. The molecule has 1 aromatic heterocycles. The molecule has 0 spiro atoms. The predicted octanol–water partition coefficient (Wildman–Crippen LogP) is 2.97. The predicted molar refractivity (Wildman–Crippen MR) is 104 cm³/mol. The number of carbonyl (C=O) groups is 1. The first kappa shape index (κ1) is 19.4. The third kappa shape index (κ3) is 4.50. The van der Waals surface area contributed by atoms with Crippen molar-refractivity contribution in [2.24, 2.45) is 0 Å². The Bertz CT molecular complexity index is 1140. The zero-order chi connectivity index (χ0) is 21.0. The second-order valence-corrected chi connectivity index (χ2v) is 6.04. The third-order valence-corrected chi connectivity index (χ3v) is 4.10. The topological polar surface area (TPSA) is 137 Å². The number of hydrogen-bond acceptors (Lipinski definition) is 6. The zero-order valence-electron chi connectivity index (χ0n) is 14.8. The van der Waals surface area contributed by atoms with Crippen molar-refractivity contribution >= 4 is 23.0 Å². The molecule has 0 fully saturated rings. The maximum atomic E-state index is 12.6. The fraction of sp³-hybridized carbons (Fsp3) is 0.0526. The van der Waals surface area contributed by atoms with Crippen molar-refractivity contribution in [1.82, 2.24) is 4.57 Å². The Hall–Kier alpha value is -4.34. The van der Waals surface area contributed by atoms with Gasteiger partial charge < -0.3 is 9.88 Å². The van der Waals surface area contributed by atoms with Gasteiger partial charge in [-0.05, 0) is 29.8 Å². The van der Waals surface area contributed by atoms with Gasteiger partial charge in [0, 0.05) is 36.1 Å². The van der Waals surface area contributed by atoms with E-state index in [0.29, 0.717) is 11.3 Å². The van der Waals surface area contributed by atoms with E-state index >= 15 is 0 Å². The molecular weight excluding hydrogens is 380 g/mol. The van der Waals surface area contributed by atoms with Crippen LogP contribution in [0.5, 0.6) is 0 Å². The number of nitrogens with zero attached hydrogens (tertiary/aromatic N) is 3. The molecule has 0 bridgehead atoms. The van der Waals surface area contributed by atoms with Gasteiger partial charge in [0.25, 0.3) is 22.8 Å². The van der Waals surface area contributed by atoms with Gasteiger partial charge in [0.2, 0.25) is 0 Å². The van der Waals surface area contributed by atoms with Crippen molar-refractivity contribution in [2.75, 3.05) is 5.32 Å². The highest BCUT2D eigenvalue weighted by molar-refractivity contribution is 6.04.